The van der Waals surface area contributed by atoms with Crippen molar-refractivity contribution in [2.75, 3.05) is 51.3 Å². The average Bonchev–Trinajstić information content (AvgIpc) is 2.77. The van der Waals surface area contributed by atoms with Crippen LogP contribution in [0.15, 0.2) is 53.7 Å². The van der Waals surface area contributed by atoms with Gasteiger partial charge in [0.2, 0.25) is 0 Å². The van der Waals surface area contributed by atoms with Gasteiger partial charge in [0.1, 0.15) is 11.6 Å². The van der Waals surface area contributed by atoms with Gasteiger partial charge in [0, 0.05) is 46.0 Å². The van der Waals surface area contributed by atoms with Crippen LogP contribution in [0, 0.1) is 0 Å². The fraction of sp³-hybridized carbons (Fsp3) is 0.381. The number of pyridine rings is 1. The van der Waals surface area contributed by atoms with E-state index in [1.165, 1.54) is 5.56 Å². The quantitative estimate of drug-likeness (QED) is 0.324. The Bertz CT molecular complexity index is 808. The number of hydrogen-bond acceptors (Lipinski definition) is 5. The van der Waals surface area contributed by atoms with Crippen LogP contribution >= 0.6 is 24.0 Å². The first-order valence-corrected chi connectivity index (χ1v) is 9.77. The highest BCUT2D eigenvalue weighted by Crippen LogP contribution is 2.13. The van der Waals surface area contributed by atoms with E-state index >= 15 is 0 Å². The van der Waals surface area contributed by atoms with E-state index in [2.05, 4.69) is 25.1 Å². The van der Waals surface area contributed by atoms with E-state index < -0.39 is 5.91 Å². The molecular formula is C21H29IN6O2. The number of guanidine groups is 1. The number of carbonyl (C=O) groups excluding carboxylic acids is 1. The number of carbonyl (C=O) groups is 1. The highest BCUT2D eigenvalue weighted by atomic mass is 127. The van der Waals surface area contributed by atoms with Crippen LogP contribution in [0.4, 0.5) is 5.82 Å². The normalized spacial score (nSPS) is 14.1. The third-order valence-corrected chi connectivity index (χ3v) is 4.77. The van der Waals surface area contributed by atoms with Crippen molar-refractivity contribution >= 4 is 41.7 Å². The zero-order valence-electron chi connectivity index (χ0n) is 17.2. The molecule has 0 aliphatic carbocycles. The van der Waals surface area contributed by atoms with Gasteiger partial charge < -0.3 is 25.6 Å². The standard InChI is InChI=1S/C21H28N6O2.HI/c1-23-21(27-14-12-26(13-15-27)20-4-2-3-10-24-20)25-11-9-17-5-7-18(8-6-17)29-16-19(22)28;/h2-8,10H,9,11-16H2,1H3,(H2,22,28)(H,23,25);1H. The molecule has 9 heteroatoms. The molecule has 2 heterocycles. The van der Waals surface area contributed by atoms with Crippen LogP contribution in [0.3, 0.4) is 0 Å². The number of piperazine rings is 1. The predicted octanol–water partition coefficient (Wildman–Crippen LogP) is 1.50. The number of nitrogens with zero attached hydrogens (tertiary/aromatic N) is 4. The van der Waals surface area contributed by atoms with Crippen LogP contribution in [0.5, 0.6) is 5.75 Å². The summed E-state index contributed by atoms with van der Waals surface area (Å²) in [6, 6.07) is 13.7. The van der Waals surface area contributed by atoms with E-state index in [9.17, 15) is 4.79 Å². The van der Waals surface area contributed by atoms with Gasteiger partial charge in [0.15, 0.2) is 12.6 Å². The molecule has 1 saturated heterocycles. The number of anilines is 1. The van der Waals surface area contributed by atoms with Gasteiger partial charge in [-0.1, -0.05) is 18.2 Å². The smallest absolute Gasteiger partial charge is 0.255 e. The van der Waals surface area contributed by atoms with Crippen LogP contribution in [0.2, 0.25) is 0 Å². The van der Waals surface area contributed by atoms with Crippen LogP contribution < -0.4 is 20.7 Å². The Hall–Kier alpha value is -2.56. The molecule has 30 heavy (non-hydrogen) atoms. The fourth-order valence-electron chi connectivity index (χ4n) is 3.25. The summed E-state index contributed by atoms with van der Waals surface area (Å²) in [4.78, 5) is 24.2. The Balaban J connectivity index is 0.00000320. The van der Waals surface area contributed by atoms with Crippen LogP contribution in [0.25, 0.3) is 0 Å². The van der Waals surface area contributed by atoms with Crippen molar-refractivity contribution in [2.24, 2.45) is 10.7 Å². The van der Waals surface area contributed by atoms with E-state index in [-0.39, 0.29) is 30.6 Å². The number of benzene rings is 1. The van der Waals surface area contributed by atoms with Crippen molar-refractivity contribution < 1.29 is 9.53 Å². The summed E-state index contributed by atoms with van der Waals surface area (Å²) in [5, 5.41) is 3.45. The van der Waals surface area contributed by atoms with Gasteiger partial charge in [-0.15, -0.1) is 24.0 Å². The van der Waals surface area contributed by atoms with E-state index in [1.807, 2.05) is 55.7 Å². The maximum absolute atomic E-state index is 10.8. The van der Waals surface area contributed by atoms with Gasteiger partial charge in [-0.05, 0) is 36.2 Å². The lowest BCUT2D eigenvalue weighted by Gasteiger charge is -2.37. The largest absolute Gasteiger partial charge is 0.484 e. The zero-order valence-corrected chi connectivity index (χ0v) is 19.5. The van der Waals surface area contributed by atoms with E-state index in [1.54, 1.807) is 0 Å². The van der Waals surface area contributed by atoms with Gasteiger partial charge in [-0.25, -0.2) is 4.98 Å². The minimum Gasteiger partial charge on any atom is -0.484 e. The number of aliphatic imine (C=N–C) groups is 1. The lowest BCUT2D eigenvalue weighted by Crippen LogP contribution is -2.53. The molecule has 0 spiro atoms. The number of nitrogens with two attached hydrogens (primary N) is 1. The summed E-state index contributed by atoms with van der Waals surface area (Å²) >= 11 is 0. The maximum Gasteiger partial charge on any atom is 0.255 e. The van der Waals surface area contributed by atoms with Crippen molar-refractivity contribution in [3.63, 3.8) is 0 Å². The summed E-state index contributed by atoms with van der Waals surface area (Å²) in [6.45, 7) is 4.33. The molecule has 1 aromatic heterocycles. The number of halogens is 1. The molecule has 0 saturated carbocycles. The second-order valence-electron chi connectivity index (χ2n) is 6.78. The van der Waals surface area contributed by atoms with E-state index in [0.717, 1.165) is 50.9 Å². The number of primary amides is 1. The number of nitrogens with one attached hydrogen (secondary N) is 1. The van der Waals surface area contributed by atoms with Crippen molar-refractivity contribution in [3.8, 4) is 5.75 Å². The minimum absolute atomic E-state index is 0. The molecule has 3 N–H and O–H groups in total. The SMILES string of the molecule is CN=C(NCCc1ccc(OCC(N)=O)cc1)N1CCN(c2ccccn2)CC1.I. The molecule has 0 radical (unpaired) electrons. The van der Waals surface area contributed by atoms with Crippen LogP contribution in [-0.2, 0) is 11.2 Å². The monoisotopic (exact) mass is 524 g/mol. The summed E-state index contributed by atoms with van der Waals surface area (Å²) < 4.78 is 5.28. The van der Waals surface area contributed by atoms with E-state index in [0.29, 0.717) is 5.75 Å². The van der Waals surface area contributed by atoms with Gasteiger partial charge in [0.05, 0.1) is 0 Å². The van der Waals surface area contributed by atoms with Crippen molar-refractivity contribution in [1.82, 2.24) is 15.2 Å². The molecule has 0 unspecified atom stereocenters. The highest BCUT2D eigenvalue weighted by Gasteiger charge is 2.20. The lowest BCUT2D eigenvalue weighted by atomic mass is 10.1. The summed E-state index contributed by atoms with van der Waals surface area (Å²) in [6.07, 6.45) is 2.70. The number of aromatic nitrogens is 1. The Morgan fingerprint density at radius 1 is 1.17 bits per heavy atom. The molecule has 1 amide bonds. The van der Waals surface area contributed by atoms with Crippen LogP contribution in [0.1, 0.15) is 5.56 Å². The predicted molar refractivity (Wildman–Crippen MR) is 130 cm³/mol. The highest BCUT2D eigenvalue weighted by molar-refractivity contribution is 14.0. The first-order valence-electron chi connectivity index (χ1n) is 9.77. The Morgan fingerprint density at radius 2 is 1.90 bits per heavy atom. The van der Waals surface area contributed by atoms with Crippen LogP contribution in [-0.4, -0.2) is 68.1 Å². The zero-order chi connectivity index (χ0) is 20.5. The van der Waals surface area contributed by atoms with Gasteiger partial charge in [-0.2, -0.15) is 0 Å². The topological polar surface area (TPSA) is 96.1 Å². The molecule has 0 atom stereocenters. The third-order valence-electron chi connectivity index (χ3n) is 4.77. The van der Waals surface area contributed by atoms with Crippen molar-refractivity contribution in [3.05, 3.63) is 54.2 Å². The Kier molecular flexibility index (Phi) is 9.65. The molecule has 1 fully saturated rings. The third kappa shape index (κ3) is 7.05. The molecule has 0 bridgehead atoms. The number of amides is 1. The Labute approximate surface area is 194 Å². The number of ether oxygens (including phenoxy) is 1. The molecule has 2 aromatic rings. The second kappa shape index (κ2) is 12.2. The van der Waals surface area contributed by atoms with Gasteiger partial charge in [-0.3, -0.25) is 9.79 Å². The lowest BCUT2D eigenvalue weighted by molar-refractivity contribution is -0.119. The molecule has 162 valence electrons. The van der Waals surface area contributed by atoms with Gasteiger partial charge in [0.25, 0.3) is 5.91 Å². The molecule has 1 aromatic carbocycles. The number of rotatable bonds is 7. The molecule has 1 aliphatic heterocycles. The average molecular weight is 524 g/mol. The van der Waals surface area contributed by atoms with Gasteiger partial charge >= 0.3 is 0 Å². The summed E-state index contributed by atoms with van der Waals surface area (Å²) in [5.41, 5.74) is 6.26. The fourth-order valence-corrected chi connectivity index (χ4v) is 3.25. The molecule has 1 aliphatic rings. The number of hydrogen-bond donors (Lipinski definition) is 2. The summed E-state index contributed by atoms with van der Waals surface area (Å²) in [7, 11) is 1.82. The van der Waals surface area contributed by atoms with Crippen molar-refractivity contribution in [1.29, 1.82) is 0 Å². The molecular weight excluding hydrogens is 495 g/mol. The minimum atomic E-state index is -0.481. The van der Waals surface area contributed by atoms with E-state index in [4.69, 9.17) is 10.5 Å². The summed E-state index contributed by atoms with van der Waals surface area (Å²) in [5.74, 6) is 2.11. The second-order valence-corrected chi connectivity index (χ2v) is 6.78. The first-order chi connectivity index (χ1) is 14.2. The molecule has 3 rings (SSSR count). The molecule has 8 nitrogen and oxygen atoms in total. The first kappa shape index (κ1) is 23.7. The maximum atomic E-state index is 10.8. The van der Waals surface area contributed by atoms with Crippen molar-refractivity contribution in [2.45, 2.75) is 6.42 Å². The Morgan fingerprint density at radius 3 is 2.50 bits per heavy atom.